The standard InChI is InChI=1S/5N.Ta.Ti.W/q5*-3;+5;+4;+6. The van der Waals surface area contributed by atoms with Crippen LogP contribution in [0.5, 0.6) is 0 Å². The number of hydrogen-bond donors (Lipinski definition) is 0. The van der Waals surface area contributed by atoms with Gasteiger partial charge in [-0.15, -0.1) is 0 Å². The molecule has 0 bridgehead atoms. The van der Waals surface area contributed by atoms with Gasteiger partial charge in [-0.3, -0.25) is 0 Å². The summed E-state index contributed by atoms with van der Waals surface area (Å²) in [6.07, 6.45) is 0. The molecule has 0 amide bonds. The van der Waals surface area contributed by atoms with E-state index in [4.69, 9.17) is 0 Å². The van der Waals surface area contributed by atoms with E-state index in [1.807, 2.05) is 0 Å². The first-order valence-electron chi connectivity index (χ1n) is 0. The maximum atomic E-state index is 0. The van der Waals surface area contributed by atoms with Crippen LogP contribution in [-0.4, -0.2) is 0 Å². The zero-order valence-corrected chi connectivity index (χ0v) is 11.3. The van der Waals surface area contributed by atoms with E-state index in [9.17, 15) is 0 Å². The molecule has 0 aliphatic rings. The largest absolute Gasteiger partial charge is 6.00 e. The Hall–Kier alpha value is 1.94. The minimum atomic E-state index is 0. The van der Waals surface area contributed by atoms with Gasteiger partial charge in [-0.05, 0) is 0 Å². The van der Waals surface area contributed by atoms with Crippen molar-refractivity contribution < 1.29 is 65.2 Å². The predicted octanol–water partition coefficient (Wildman–Crippen LogP) is 1.44. The first-order chi connectivity index (χ1) is 0. The second-order valence-electron chi connectivity index (χ2n) is 0. The summed E-state index contributed by atoms with van der Waals surface area (Å²) in [7, 11) is 0. The van der Waals surface area contributed by atoms with E-state index in [1.54, 1.807) is 0 Å². The van der Waals surface area contributed by atoms with Gasteiger partial charge in [0, 0.05) is 0 Å². The van der Waals surface area contributed by atoms with Gasteiger partial charge in [0.25, 0.3) is 0 Å². The third-order valence-electron chi connectivity index (χ3n) is 0. The van der Waals surface area contributed by atoms with Gasteiger partial charge in [-0.2, -0.15) is 0 Å². The summed E-state index contributed by atoms with van der Waals surface area (Å²) in [4.78, 5) is 0. The Bertz CT molecular complexity index is 12.4. The minimum absolute atomic E-state index is 0. The van der Waals surface area contributed by atoms with Gasteiger partial charge in [0.1, 0.15) is 0 Å². The molecule has 5 nitrogen and oxygen atoms in total. The molecule has 8 heavy (non-hydrogen) atoms. The molecule has 0 N–H and O–H groups in total. The zero-order chi connectivity index (χ0) is 0. The van der Waals surface area contributed by atoms with Crippen molar-refractivity contribution in [3.05, 3.63) is 30.8 Å². The van der Waals surface area contributed by atoms with E-state index in [2.05, 4.69) is 0 Å². The number of rotatable bonds is 0. The van der Waals surface area contributed by atoms with Crippen molar-refractivity contribution in [3.8, 4) is 0 Å². The Kier molecular flexibility index (Phi) is 3940. The zero-order valence-electron chi connectivity index (χ0n) is 3.59. The van der Waals surface area contributed by atoms with E-state index >= 15 is 0 Å². The molecule has 0 aliphatic heterocycles. The molecule has 0 saturated heterocycles. The molecule has 0 rings (SSSR count). The summed E-state index contributed by atoms with van der Waals surface area (Å²) < 4.78 is 0. The first-order valence-corrected chi connectivity index (χ1v) is 0. The Balaban J connectivity index is 0. The van der Waals surface area contributed by atoms with Crippen molar-refractivity contribution in [1.82, 2.24) is 0 Å². The molecular formula is N5TaTiW. The normalized spacial score (nSPS) is 0. The van der Waals surface area contributed by atoms with E-state index in [-0.39, 0.29) is 95.9 Å². The Morgan fingerprint density at radius 2 is 0.500 bits per heavy atom. The van der Waals surface area contributed by atoms with Crippen LogP contribution in [0.2, 0.25) is 0 Å². The Labute approximate surface area is 95.1 Å². The first kappa shape index (κ1) is 211. The van der Waals surface area contributed by atoms with Crippen LogP contribution in [-0.2, 0) is 65.2 Å². The van der Waals surface area contributed by atoms with E-state index in [1.165, 1.54) is 0 Å². The van der Waals surface area contributed by atoms with Gasteiger partial charge in [-0.25, -0.2) is 0 Å². The molecule has 0 aromatic rings. The van der Waals surface area contributed by atoms with Crippen molar-refractivity contribution in [3.63, 3.8) is 0 Å². The molecule has 0 spiro atoms. The second-order valence-corrected chi connectivity index (χ2v) is 0. The average Bonchev–Trinajstić information content (AvgIpc) is 0. The molecule has 0 aromatic carbocycles. The molecule has 0 saturated carbocycles. The summed E-state index contributed by atoms with van der Waals surface area (Å²) >= 11 is 0. The summed E-state index contributed by atoms with van der Waals surface area (Å²) in [5.41, 5.74) is 0. The summed E-state index contributed by atoms with van der Waals surface area (Å²) in [6.45, 7) is 0. The number of hydrogen-bond acceptors (Lipinski definition) is 0. The SMILES string of the molecule is [N-3].[N-3].[N-3].[N-3].[N-3].[Ta+5].[Ti+4].[W+6]. The van der Waals surface area contributed by atoms with Gasteiger partial charge in [0.2, 0.25) is 0 Å². The summed E-state index contributed by atoms with van der Waals surface area (Å²) in [6, 6.07) is 0. The fraction of sp³-hybridized carbons (Fsp3) is 0. The molecule has 0 heterocycles. The topological polar surface area (TPSA) is 152 Å². The van der Waals surface area contributed by atoms with Crippen molar-refractivity contribution in [2.24, 2.45) is 0 Å². The van der Waals surface area contributed by atoms with Crippen LogP contribution in [0.25, 0.3) is 30.8 Å². The fourth-order valence-electron chi connectivity index (χ4n) is 0. The van der Waals surface area contributed by atoms with Crippen molar-refractivity contribution in [2.75, 3.05) is 0 Å². The number of nitrogens with zero attached hydrogens (tertiary/aromatic N) is 5. The smallest absolute Gasteiger partial charge is 3.00 e. The van der Waals surface area contributed by atoms with E-state index in [0.29, 0.717) is 0 Å². The van der Waals surface area contributed by atoms with Crippen molar-refractivity contribution in [2.45, 2.75) is 0 Å². The van der Waals surface area contributed by atoms with Crippen molar-refractivity contribution in [1.29, 1.82) is 0 Å². The molecular weight excluding hydrogens is 483 g/mol. The van der Waals surface area contributed by atoms with Crippen molar-refractivity contribution >= 4 is 0 Å². The van der Waals surface area contributed by atoms with E-state index in [0.717, 1.165) is 0 Å². The van der Waals surface area contributed by atoms with E-state index < -0.39 is 0 Å². The average molecular weight is 483 g/mol. The minimum Gasteiger partial charge on any atom is -3.00 e. The van der Waals surface area contributed by atoms with Crippen LogP contribution in [0.1, 0.15) is 0 Å². The Morgan fingerprint density at radius 3 is 0.500 bits per heavy atom. The van der Waals surface area contributed by atoms with Gasteiger partial charge in [0.05, 0.1) is 0 Å². The predicted molar refractivity (Wildman–Crippen MR) is 16.8 cm³/mol. The monoisotopic (exact) mass is 483 g/mol. The van der Waals surface area contributed by atoms with Gasteiger partial charge in [-0.1, -0.05) is 0 Å². The molecule has 0 aromatic heterocycles. The van der Waals surface area contributed by atoms with Crippen LogP contribution in [0.4, 0.5) is 0 Å². The van der Waals surface area contributed by atoms with Crippen LogP contribution in [0.15, 0.2) is 0 Å². The molecule has 0 aliphatic carbocycles. The van der Waals surface area contributed by atoms with Crippen LogP contribution >= 0.6 is 0 Å². The fourth-order valence-corrected chi connectivity index (χ4v) is 0. The van der Waals surface area contributed by atoms with Gasteiger partial charge in [0.15, 0.2) is 0 Å². The molecule has 40 valence electrons. The molecule has 0 unspecified atom stereocenters. The Morgan fingerprint density at radius 1 is 0.500 bits per heavy atom. The van der Waals surface area contributed by atoms with Gasteiger partial charge >= 0.3 is 65.2 Å². The molecule has 0 atom stereocenters. The van der Waals surface area contributed by atoms with Crippen LogP contribution < -0.4 is 0 Å². The molecule has 8 heteroatoms. The second kappa shape index (κ2) is 149. The molecule has 0 fully saturated rings. The summed E-state index contributed by atoms with van der Waals surface area (Å²) in [5, 5.41) is 0. The van der Waals surface area contributed by atoms with Crippen LogP contribution in [0.3, 0.4) is 0 Å². The third kappa shape index (κ3) is 101. The van der Waals surface area contributed by atoms with Gasteiger partial charge < -0.3 is 30.8 Å². The maximum absolute atomic E-state index is 0. The summed E-state index contributed by atoms with van der Waals surface area (Å²) in [5.74, 6) is 0. The maximum Gasteiger partial charge on any atom is 6.00 e. The van der Waals surface area contributed by atoms with Crippen LogP contribution in [0, 0.1) is 0 Å². The molecule has 0 radical (unpaired) electrons. The quantitative estimate of drug-likeness (QED) is 0.459. The third-order valence-corrected chi connectivity index (χ3v) is 0.